The van der Waals surface area contributed by atoms with E-state index in [0.29, 0.717) is 32.1 Å². The van der Waals surface area contributed by atoms with Gasteiger partial charge < -0.3 is 9.64 Å². The van der Waals surface area contributed by atoms with Gasteiger partial charge in [0.05, 0.1) is 13.2 Å². The number of rotatable bonds is 5. The summed E-state index contributed by atoms with van der Waals surface area (Å²) in [5.74, 6) is 1.50. The maximum atomic E-state index is 12.2. The first kappa shape index (κ1) is 16.5. The molecule has 1 aromatic rings. The third kappa shape index (κ3) is 3.95. The van der Waals surface area contributed by atoms with Crippen LogP contribution in [-0.2, 0) is 4.79 Å². The van der Waals surface area contributed by atoms with E-state index in [2.05, 4.69) is 11.0 Å². The summed E-state index contributed by atoms with van der Waals surface area (Å²) in [6.07, 6.45) is 6.18. The Morgan fingerprint density at radius 3 is 2.46 bits per heavy atom. The molecule has 2 aliphatic rings. The van der Waals surface area contributed by atoms with Crippen LogP contribution >= 0.6 is 0 Å². The summed E-state index contributed by atoms with van der Waals surface area (Å²) < 4.78 is 5.17. The molecule has 3 rings (SSSR count). The van der Waals surface area contributed by atoms with E-state index in [1.165, 1.54) is 12.8 Å². The van der Waals surface area contributed by atoms with E-state index in [1.54, 1.807) is 13.2 Å². The van der Waals surface area contributed by atoms with Gasteiger partial charge in [-0.3, -0.25) is 9.69 Å². The van der Waals surface area contributed by atoms with Crippen LogP contribution in [0.25, 0.3) is 0 Å². The summed E-state index contributed by atoms with van der Waals surface area (Å²) in [4.78, 5) is 16.2. The van der Waals surface area contributed by atoms with Crippen LogP contribution in [0.2, 0.25) is 0 Å². The van der Waals surface area contributed by atoms with Crippen LogP contribution in [0.15, 0.2) is 36.4 Å². The maximum Gasteiger partial charge on any atom is 0.246 e. The van der Waals surface area contributed by atoms with Gasteiger partial charge in [-0.25, -0.2) is 0 Å². The Balaban J connectivity index is 1.57. The van der Waals surface area contributed by atoms with E-state index in [4.69, 9.17) is 4.74 Å². The second kappa shape index (κ2) is 7.50. The van der Waals surface area contributed by atoms with Crippen LogP contribution in [0.4, 0.5) is 0 Å². The highest BCUT2D eigenvalue weighted by atomic mass is 16.5. The number of piperazine rings is 1. The molecule has 1 aliphatic carbocycles. The van der Waals surface area contributed by atoms with Crippen molar-refractivity contribution in [1.29, 1.82) is 5.26 Å². The summed E-state index contributed by atoms with van der Waals surface area (Å²) in [6, 6.07) is 9.72. The molecule has 126 valence electrons. The Kier molecular flexibility index (Phi) is 5.17. The lowest BCUT2D eigenvalue weighted by atomic mass is 10.1. The van der Waals surface area contributed by atoms with Crippen molar-refractivity contribution in [2.75, 3.05) is 33.3 Å². The lowest BCUT2D eigenvalue weighted by Gasteiger charge is -2.36. The quantitative estimate of drug-likeness (QED) is 0.780. The molecule has 1 aromatic carbocycles. The number of amides is 1. The van der Waals surface area contributed by atoms with Gasteiger partial charge in [-0.1, -0.05) is 18.2 Å². The van der Waals surface area contributed by atoms with Crippen molar-refractivity contribution >= 4 is 5.91 Å². The zero-order valence-corrected chi connectivity index (χ0v) is 14.0. The fraction of sp³-hybridized carbons (Fsp3) is 0.474. The Hall–Kier alpha value is -2.32. The minimum Gasteiger partial charge on any atom is -0.497 e. The van der Waals surface area contributed by atoms with Gasteiger partial charge in [-0.05, 0) is 42.5 Å². The molecule has 0 bridgehead atoms. The first-order valence-corrected chi connectivity index (χ1v) is 8.46. The minimum atomic E-state index is -0.282. The molecule has 5 heteroatoms. The van der Waals surface area contributed by atoms with Gasteiger partial charge in [0.15, 0.2) is 0 Å². The number of benzene rings is 1. The molecule has 0 unspecified atom stereocenters. The molecule has 1 amide bonds. The van der Waals surface area contributed by atoms with Crippen LogP contribution in [0.1, 0.15) is 24.4 Å². The predicted molar refractivity (Wildman–Crippen MR) is 91.4 cm³/mol. The van der Waals surface area contributed by atoms with Gasteiger partial charge >= 0.3 is 0 Å². The molecule has 24 heavy (non-hydrogen) atoms. The molecule has 1 saturated heterocycles. The molecule has 0 N–H and O–H groups in total. The summed E-state index contributed by atoms with van der Waals surface area (Å²) in [5, 5.41) is 9.57. The SMILES string of the molecule is COc1ccc([C@@H](C#N)N2CCN(C(=O)/C=C/C3CC3)CC2)cc1. The molecule has 1 heterocycles. The number of methoxy groups -OCH3 is 1. The van der Waals surface area contributed by atoms with E-state index in [0.717, 1.165) is 11.3 Å². The standard InChI is InChI=1S/C19H23N3O2/c1-24-17-7-5-16(6-8-17)18(14-20)21-10-12-22(13-11-21)19(23)9-4-15-2-3-15/h4-9,15,18H,2-3,10-13H2,1H3/b9-4+/t18-/m1/s1. The summed E-state index contributed by atoms with van der Waals surface area (Å²) in [5.41, 5.74) is 0.965. The van der Waals surface area contributed by atoms with Gasteiger partial charge in [0.25, 0.3) is 0 Å². The van der Waals surface area contributed by atoms with Crippen LogP contribution in [0.3, 0.4) is 0 Å². The average molecular weight is 325 g/mol. The van der Waals surface area contributed by atoms with Crippen molar-refractivity contribution < 1.29 is 9.53 Å². The molecule has 0 radical (unpaired) electrons. The molecule has 5 nitrogen and oxygen atoms in total. The van der Waals surface area contributed by atoms with Gasteiger partial charge in [0, 0.05) is 26.2 Å². The number of carbonyl (C=O) groups excluding carboxylic acids is 1. The van der Waals surface area contributed by atoms with E-state index in [-0.39, 0.29) is 11.9 Å². The highest BCUT2D eigenvalue weighted by Crippen LogP contribution is 2.30. The summed E-state index contributed by atoms with van der Waals surface area (Å²) in [6.45, 7) is 2.77. The van der Waals surface area contributed by atoms with Crippen molar-refractivity contribution in [2.45, 2.75) is 18.9 Å². The third-order valence-electron chi connectivity index (χ3n) is 4.68. The van der Waals surface area contributed by atoms with Gasteiger partial charge in [0.2, 0.25) is 5.91 Å². The topological polar surface area (TPSA) is 56.6 Å². The summed E-state index contributed by atoms with van der Waals surface area (Å²) in [7, 11) is 1.63. The lowest BCUT2D eigenvalue weighted by Crippen LogP contribution is -2.49. The van der Waals surface area contributed by atoms with Crippen LogP contribution < -0.4 is 4.74 Å². The highest BCUT2D eigenvalue weighted by Gasteiger charge is 2.26. The highest BCUT2D eigenvalue weighted by molar-refractivity contribution is 5.87. The van der Waals surface area contributed by atoms with Gasteiger partial charge in [-0.2, -0.15) is 5.26 Å². The smallest absolute Gasteiger partial charge is 0.246 e. The fourth-order valence-electron chi connectivity index (χ4n) is 2.97. The minimum absolute atomic E-state index is 0.0968. The van der Waals surface area contributed by atoms with Crippen LogP contribution in [0, 0.1) is 17.2 Å². The maximum absolute atomic E-state index is 12.2. The predicted octanol–water partition coefficient (Wildman–Crippen LogP) is 2.37. The van der Waals surface area contributed by atoms with Crippen LogP contribution in [0.5, 0.6) is 5.75 Å². The number of nitrogens with zero attached hydrogens (tertiary/aromatic N) is 3. The molecule has 0 spiro atoms. The number of hydrogen-bond acceptors (Lipinski definition) is 4. The second-order valence-corrected chi connectivity index (χ2v) is 6.36. The first-order chi connectivity index (χ1) is 11.7. The van der Waals surface area contributed by atoms with Crippen molar-refractivity contribution in [3.05, 3.63) is 42.0 Å². The van der Waals surface area contributed by atoms with E-state index in [9.17, 15) is 10.1 Å². The average Bonchev–Trinajstić information content (AvgIpc) is 3.46. The van der Waals surface area contributed by atoms with Crippen LogP contribution in [-0.4, -0.2) is 49.0 Å². The molecule has 0 aromatic heterocycles. The number of allylic oxidation sites excluding steroid dienone is 1. The van der Waals surface area contributed by atoms with E-state index in [1.807, 2.05) is 35.2 Å². The van der Waals surface area contributed by atoms with E-state index >= 15 is 0 Å². The van der Waals surface area contributed by atoms with Crippen molar-refractivity contribution in [1.82, 2.24) is 9.80 Å². The Morgan fingerprint density at radius 1 is 1.25 bits per heavy atom. The van der Waals surface area contributed by atoms with Crippen molar-refractivity contribution in [2.24, 2.45) is 5.92 Å². The molecule has 1 atom stereocenters. The number of ether oxygens (including phenoxy) is 1. The first-order valence-electron chi connectivity index (χ1n) is 8.46. The number of carbonyl (C=O) groups is 1. The lowest BCUT2D eigenvalue weighted by molar-refractivity contribution is -0.127. The molecule has 1 aliphatic heterocycles. The largest absolute Gasteiger partial charge is 0.497 e. The van der Waals surface area contributed by atoms with Gasteiger partial charge in [-0.15, -0.1) is 0 Å². The zero-order chi connectivity index (χ0) is 16.9. The third-order valence-corrected chi connectivity index (χ3v) is 4.68. The Bertz CT molecular complexity index is 636. The van der Waals surface area contributed by atoms with Crippen molar-refractivity contribution in [3.63, 3.8) is 0 Å². The summed E-state index contributed by atoms with van der Waals surface area (Å²) >= 11 is 0. The Morgan fingerprint density at radius 2 is 1.92 bits per heavy atom. The van der Waals surface area contributed by atoms with Crippen molar-refractivity contribution in [3.8, 4) is 11.8 Å². The monoisotopic (exact) mass is 325 g/mol. The van der Waals surface area contributed by atoms with Gasteiger partial charge in [0.1, 0.15) is 11.8 Å². The molecular weight excluding hydrogens is 302 g/mol. The number of nitriles is 1. The molecular formula is C19H23N3O2. The zero-order valence-electron chi connectivity index (χ0n) is 14.0. The normalized spacial score (nSPS) is 19.9. The second-order valence-electron chi connectivity index (χ2n) is 6.36. The molecule has 1 saturated carbocycles. The Labute approximate surface area is 143 Å². The fourth-order valence-corrected chi connectivity index (χ4v) is 2.97. The number of hydrogen-bond donors (Lipinski definition) is 0. The molecule has 2 fully saturated rings. The van der Waals surface area contributed by atoms with E-state index < -0.39 is 0 Å².